The molecule has 1 unspecified atom stereocenters. The van der Waals surface area contributed by atoms with Gasteiger partial charge < -0.3 is 10.8 Å². The van der Waals surface area contributed by atoms with Crippen LogP contribution in [0.5, 0.6) is 0 Å². The first-order valence-electron chi connectivity index (χ1n) is 4.09. The Morgan fingerprint density at radius 2 is 1.92 bits per heavy atom. The third-order valence-corrected chi connectivity index (χ3v) is 1.94. The first kappa shape index (κ1) is 9.72. The summed E-state index contributed by atoms with van der Waals surface area (Å²) in [4.78, 5) is 0. The second-order valence-electron chi connectivity index (χ2n) is 3.00. The smallest absolute Gasteiger partial charge is 0.0991 e. The van der Waals surface area contributed by atoms with Crippen LogP contribution in [0.15, 0.2) is 24.3 Å². The van der Waals surface area contributed by atoms with Crippen LogP contribution in [0.3, 0.4) is 0 Å². The molecule has 0 saturated carbocycles. The summed E-state index contributed by atoms with van der Waals surface area (Å²) in [5.74, 6) is 0. The maximum absolute atomic E-state index is 9.21. The minimum atomic E-state index is -0.576. The summed E-state index contributed by atoms with van der Waals surface area (Å²) >= 11 is 0. The van der Waals surface area contributed by atoms with Gasteiger partial charge in [-0.3, -0.25) is 0 Å². The van der Waals surface area contributed by atoms with E-state index < -0.39 is 6.10 Å². The molecule has 0 saturated heterocycles. The van der Waals surface area contributed by atoms with Gasteiger partial charge in [-0.15, -0.1) is 0 Å². The highest BCUT2D eigenvalue weighted by Gasteiger charge is 2.10. The van der Waals surface area contributed by atoms with Crippen molar-refractivity contribution >= 4 is 0 Å². The van der Waals surface area contributed by atoms with Crippen LogP contribution in [0.25, 0.3) is 0 Å². The summed E-state index contributed by atoms with van der Waals surface area (Å²) in [6.07, 6.45) is -0.576. The molecule has 3 nitrogen and oxygen atoms in total. The van der Waals surface area contributed by atoms with E-state index in [0.29, 0.717) is 5.56 Å². The highest BCUT2D eigenvalue weighted by molar-refractivity contribution is 5.32. The summed E-state index contributed by atoms with van der Waals surface area (Å²) in [6.45, 7) is 1.64. The summed E-state index contributed by atoms with van der Waals surface area (Å²) < 4.78 is 0. The molecule has 0 amide bonds. The first-order chi connectivity index (χ1) is 6.15. The van der Waals surface area contributed by atoms with Crippen molar-refractivity contribution in [2.45, 2.75) is 19.1 Å². The van der Waals surface area contributed by atoms with Crippen molar-refractivity contribution in [1.29, 1.82) is 5.26 Å². The lowest BCUT2D eigenvalue weighted by molar-refractivity contribution is 0.164. The molecule has 0 fully saturated rings. The molecule has 0 aliphatic carbocycles. The number of hydrogen-bond acceptors (Lipinski definition) is 3. The Balaban J connectivity index is 2.87. The lowest BCUT2D eigenvalue weighted by Crippen LogP contribution is -2.22. The average molecular weight is 176 g/mol. The highest BCUT2D eigenvalue weighted by Crippen LogP contribution is 2.14. The maximum atomic E-state index is 9.21. The van der Waals surface area contributed by atoms with Crippen molar-refractivity contribution in [3.05, 3.63) is 35.4 Å². The van der Waals surface area contributed by atoms with Crippen LogP contribution in [0.2, 0.25) is 0 Å². The number of aliphatic hydroxyl groups is 1. The number of rotatable bonds is 2. The molecule has 0 aliphatic rings. The largest absolute Gasteiger partial charge is 0.391 e. The van der Waals surface area contributed by atoms with Crippen molar-refractivity contribution in [1.82, 2.24) is 0 Å². The van der Waals surface area contributed by atoms with E-state index in [9.17, 15) is 5.11 Å². The number of nitriles is 1. The molecule has 0 bridgehead atoms. The van der Waals surface area contributed by atoms with Gasteiger partial charge >= 0.3 is 0 Å². The zero-order valence-corrected chi connectivity index (χ0v) is 7.44. The summed E-state index contributed by atoms with van der Waals surface area (Å²) in [5.41, 5.74) is 7.14. The standard InChI is InChI=1S/C10H12N2O/c1-7(13)10(12)9-4-2-8(6-11)3-5-9/h2-5,7,10,13H,12H2,1H3/t7?,10-/m0/s1. The van der Waals surface area contributed by atoms with Crippen molar-refractivity contribution < 1.29 is 5.11 Å². The zero-order chi connectivity index (χ0) is 9.84. The van der Waals surface area contributed by atoms with Crippen molar-refractivity contribution in [3.8, 4) is 6.07 Å². The van der Waals surface area contributed by atoms with E-state index in [0.717, 1.165) is 5.56 Å². The summed E-state index contributed by atoms with van der Waals surface area (Å²) in [7, 11) is 0. The van der Waals surface area contributed by atoms with E-state index in [1.807, 2.05) is 6.07 Å². The predicted octanol–water partition coefficient (Wildman–Crippen LogP) is 0.939. The van der Waals surface area contributed by atoms with Crippen LogP contribution in [0, 0.1) is 11.3 Å². The van der Waals surface area contributed by atoms with Gasteiger partial charge in [-0.1, -0.05) is 12.1 Å². The molecule has 1 rings (SSSR count). The minimum Gasteiger partial charge on any atom is -0.391 e. The van der Waals surface area contributed by atoms with Gasteiger partial charge in [0.1, 0.15) is 0 Å². The Labute approximate surface area is 77.4 Å². The molecule has 0 aliphatic heterocycles. The van der Waals surface area contributed by atoms with Crippen LogP contribution < -0.4 is 5.73 Å². The van der Waals surface area contributed by atoms with Gasteiger partial charge in [-0.2, -0.15) is 5.26 Å². The van der Waals surface area contributed by atoms with Gasteiger partial charge in [-0.25, -0.2) is 0 Å². The molecule has 0 radical (unpaired) electrons. The molecule has 1 aromatic carbocycles. The molecule has 0 spiro atoms. The quantitative estimate of drug-likeness (QED) is 0.704. The third-order valence-electron chi connectivity index (χ3n) is 1.94. The first-order valence-corrected chi connectivity index (χ1v) is 4.09. The molecule has 13 heavy (non-hydrogen) atoms. The van der Waals surface area contributed by atoms with Crippen molar-refractivity contribution in [2.75, 3.05) is 0 Å². The fraction of sp³-hybridized carbons (Fsp3) is 0.300. The van der Waals surface area contributed by atoms with Gasteiger partial charge in [0, 0.05) is 0 Å². The summed E-state index contributed by atoms with van der Waals surface area (Å²) in [6, 6.07) is 8.54. The topological polar surface area (TPSA) is 70.0 Å². The van der Waals surface area contributed by atoms with Crippen LogP contribution >= 0.6 is 0 Å². The molecule has 3 N–H and O–H groups in total. The Morgan fingerprint density at radius 3 is 2.31 bits per heavy atom. The Bertz CT molecular complexity index is 311. The predicted molar refractivity (Wildman–Crippen MR) is 49.8 cm³/mol. The fourth-order valence-corrected chi connectivity index (χ4v) is 1.06. The monoisotopic (exact) mass is 176 g/mol. The van der Waals surface area contributed by atoms with Gasteiger partial charge in [0.15, 0.2) is 0 Å². The van der Waals surface area contributed by atoms with E-state index in [4.69, 9.17) is 11.0 Å². The van der Waals surface area contributed by atoms with Gasteiger partial charge in [0.05, 0.1) is 23.8 Å². The molecule has 0 heterocycles. The molecule has 3 heteroatoms. The van der Waals surface area contributed by atoms with Crippen LogP contribution in [-0.4, -0.2) is 11.2 Å². The minimum absolute atomic E-state index is 0.382. The molecular formula is C10H12N2O. The lowest BCUT2D eigenvalue weighted by atomic mass is 10.0. The molecule has 1 aromatic rings. The second kappa shape index (κ2) is 4.04. The zero-order valence-electron chi connectivity index (χ0n) is 7.44. The Kier molecular flexibility index (Phi) is 3.02. The maximum Gasteiger partial charge on any atom is 0.0991 e. The lowest BCUT2D eigenvalue weighted by Gasteiger charge is -2.14. The van der Waals surface area contributed by atoms with Crippen LogP contribution in [0.1, 0.15) is 24.1 Å². The van der Waals surface area contributed by atoms with E-state index >= 15 is 0 Å². The number of hydrogen-bond donors (Lipinski definition) is 2. The Morgan fingerprint density at radius 1 is 1.38 bits per heavy atom. The van der Waals surface area contributed by atoms with E-state index in [-0.39, 0.29) is 6.04 Å². The van der Waals surface area contributed by atoms with E-state index in [1.54, 1.807) is 31.2 Å². The third kappa shape index (κ3) is 2.28. The molecule has 0 aromatic heterocycles. The van der Waals surface area contributed by atoms with Crippen LogP contribution in [0.4, 0.5) is 0 Å². The number of nitrogens with zero attached hydrogens (tertiary/aromatic N) is 1. The molecule has 68 valence electrons. The average Bonchev–Trinajstić information content (AvgIpc) is 2.17. The van der Waals surface area contributed by atoms with Crippen molar-refractivity contribution in [3.63, 3.8) is 0 Å². The van der Waals surface area contributed by atoms with Gasteiger partial charge in [0.25, 0.3) is 0 Å². The highest BCUT2D eigenvalue weighted by atomic mass is 16.3. The fourth-order valence-electron chi connectivity index (χ4n) is 1.06. The van der Waals surface area contributed by atoms with Gasteiger partial charge in [-0.05, 0) is 24.6 Å². The normalized spacial score (nSPS) is 14.6. The van der Waals surface area contributed by atoms with Crippen LogP contribution in [-0.2, 0) is 0 Å². The number of aliphatic hydroxyl groups excluding tert-OH is 1. The molecular weight excluding hydrogens is 164 g/mol. The number of nitrogens with two attached hydrogens (primary N) is 1. The number of benzene rings is 1. The summed E-state index contributed by atoms with van der Waals surface area (Å²) in [5, 5.41) is 17.8. The van der Waals surface area contributed by atoms with E-state index in [1.165, 1.54) is 0 Å². The van der Waals surface area contributed by atoms with Crippen molar-refractivity contribution in [2.24, 2.45) is 5.73 Å². The Hall–Kier alpha value is -1.37. The SMILES string of the molecule is CC(O)[C@H](N)c1ccc(C#N)cc1. The molecule has 2 atom stereocenters. The van der Waals surface area contributed by atoms with Gasteiger partial charge in [0.2, 0.25) is 0 Å². The second-order valence-corrected chi connectivity index (χ2v) is 3.00. The van der Waals surface area contributed by atoms with E-state index in [2.05, 4.69) is 0 Å².